The highest BCUT2D eigenvalue weighted by molar-refractivity contribution is 6.03. The van der Waals surface area contributed by atoms with Crippen LogP contribution in [0, 0.1) is 0 Å². The van der Waals surface area contributed by atoms with E-state index < -0.39 is 5.60 Å². The SMILES string of the molecule is COc1ccc(C(=O)C2(OC)CCC2)cc1. The molecular weight excluding hydrogens is 204 g/mol. The molecule has 2 rings (SSSR count). The lowest BCUT2D eigenvalue weighted by atomic mass is 9.75. The van der Waals surface area contributed by atoms with Crippen molar-refractivity contribution in [1.82, 2.24) is 0 Å². The Morgan fingerprint density at radius 2 is 1.81 bits per heavy atom. The Kier molecular flexibility index (Phi) is 2.97. The third-order valence-electron chi connectivity index (χ3n) is 3.32. The summed E-state index contributed by atoms with van der Waals surface area (Å²) >= 11 is 0. The number of ketones is 1. The van der Waals surface area contributed by atoms with Crippen molar-refractivity contribution in [2.24, 2.45) is 0 Å². The van der Waals surface area contributed by atoms with Gasteiger partial charge in [0.25, 0.3) is 0 Å². The van der Waals surface area contributed by atoms with Gasteiger partial charge in [-0.15, -0.1) is 0 Å². The van der Waals surface area contributed by atoms with E-state index in [2.05, 4.69) is 0 Å². The molecule has 1 aromatic carbocycles. The summed E-state index contributed by atoms with van der Waals surface area (Å²) in [5.41, 5.74) is 0.136. The maximum Gasteiger partial charge on any atom is 0.194 e. The number of carbonyl (C=O) groups is 1. The van der Waals surface area contributed by atoms with E-state index in [4.69, 9.17) is 9.47 Å². The van der Waals surface area contributed by atoms with Crippen molar-refractivity contribution in [2.45, 2.75) is 24.9 Å². The highest BCUT2D eigenvalue weighted by atomic mass is 16.5. The van der Waals surface area contributed by atoms with Crippen LogP contribution in [-0.4, -0.2) is 25.6 Å². The number of carbonyl (C=O) groups excluding carboxylic acids is 1. The predicted molar refractivity (Wildman–Crippen MR) is 60.9 cm³/mol. The fourth-order valence-electron chi connectivity index (χ4n) is 2.03. The van der Waals surface area contributed by atoms with Crippen LogP contribution >= 0.6 is 0 Å². The lowest BCUT2D eigenvalue weighted by molar-refractivity contribution is -0.0448. The number of hydrogen-bond acceptors (Lipinski definition) is 3. The summed E-state index contributed by atoms with van der Waals surface area (Å²) in [6.45, 7) is 0. The standard InChI is InChI=1S/C13H16O3/c1-15-11-6-4-10(5-7-11)12(14)13(16-2)8-3-9-13/h4-7H,3,8-9H2,1-2H3. The molecule has 1 aliphatic rings. The molecular formula is C13H16O3. The molecule has 1 saturated carbocycles. The summed E-state index contributed by atoms with van der Waals surface area (Å²) in [6.07, 6.45) is 2.72. The number of rotatable bonds is 4. The van der Waals surface area contributed by atoms with Gasteiger partial charge < -0.3 is 9.47 Å². The first kappa shape index (κ1) is 11.1. The van der Waals surface area contributed by atoms with Crippen molar-refractivity contribution in [2.75, 3.05) is 14.2 Å². The highest BCUT2D eigenvalue weighted by Crippen LogP contribution is 2.38. The zero-order valence-corrected chi connectivity index (χ0v) is 9.66. The van der Waals surface area contributed by atoms with Crippen LogP contribution in [0.2, 0.25) is 0 Å². The molecule has 0 bridgehead atoms. The van der Waals surface area contributed by atoms with E-state index in [1.54, 1.807) is 38.5 Å². The molecule has 0 spiro atoms. The first-order valence-electron chi connectivity index (χ1n) is 5.46. The van der Waals surface area contributed by atoms with E-state index in [0.29, 0.717) is 5.56 Å². The van der Waals surface area contributed by atoms with Gasteiger partial charge in [0.05, 0.1) is 7.11 Å². The topological polar surface area (TPSA) is 35.5 Å². The van der Waals surface area contributed by atoms with Crippen molar-refractivity contribution >= 4 is 5.78 Å². The van der Waals surface area contributed by atoms with Gasteiger partial charge in [-0.2, -0.15) is 0 Å². The highest BCUT2D eigenvalue weighted by Gasteiger charge is 2.44. The molecule has 1 fully saturated rings. The van der Waals surface area contributed by atoms with Crippen LogP contribution in [-0.2, 0) is 4.74 Å². The van der Waals surface area contributed by atoms with E-state index >= 15 is 0 Å². The van der Waals surface area contributed by atoms with Gasteiger partial charge in [0.1, 0.15) is 11.4 Å². The molecule has 0 aromatic heterocycles. The van der Waals surface area contributed by atoms with Gasteiger partial charge >= 0.3 is 0 Å². The second-order valence-corrected chi connectivity index (χ2v) is 4.11. The van der Waals surface area contributed by atoms with Gasteiger partial charge in [0.2, 0.25) is 0 Å². The molecule has 16 heavy (non-hydrogen) atoms. The van der Waals surface area contributed by atoms with Gasteiger partial charge in [-0.25, -0.2) is 0 Å². The van der Waals surface area contributed by atoms with Crippen LogP contribution in [0.5, 0.6) is 5.75 Å². The molecule has 0 aliphatic heterocycles. The molecule has 0 N–H and O–H groups in total. The molecule has 1 aliphatic carbocycles. The van der Waals surface area contributed by atoms with Gasteiger partial charge in [-0.3, -0.25) is 4.79 Å². The summed E-state index contributed by atoms with van der Waals surface area (Å²) in [7, 11) is 3.22. The maximum absolute atomic E-state index is 12.2. The normalized spacial score (nSPS) is 17.6. The molecule has 0 heterocycles. The minimum Gasteiger partial charge on any atom is -0.497 e. The second-order valence-electron chi connectivity index (χ2n) is 4.11. The number of ether oxygens (including phenoxy) is 2. The molecule has 3 heteroatoms. The largest absolute Gasteiger partial charge is 0.497 e. The zero-order valence-electron chi connectivity index (χ0n) is 9.66. The Hall–Kier alpha value is -1.35. The molecule has 0 amide bonds. The third-order valence-corrected chi connectivity index (χ3v) is 3.32. The van der Waals surface area contributed by atoms with E-state index in [1.165, 1.54) is 0 Å². The van der Waals surface area contributed by atoms with Crippen molar-refractivity contribution in [1.29, 1.82) is 0 Å². The average molecular weight is 220 g/mol. The van der Waals surface area contributed by atoms with Gasteiger partial charge in [0, 0.05) is 12.7 Å². The molecule has 0 unspecified atom stereocenters. The Bertz CT molecular complexity index is 371. The summed E-state index contributed by atoms with van der Waals surface area (Å²) in [4.78, 5) is 12.2. The third kappa shape index (κ3) is 1.71. The van der Waals surface area contributed by atoms with Crippen LogP contribution in [0.1, 0.15) is 29.6 Å². The molecule has 0 atom stereocenters. The van der Waals surface area contributed by atoms with E-state index in [-0.39, 0.29) is 5.78 Å². The smallest absolute Gasteiger partial charge is 0.194 e. The Labute approximate surface area is 95.4 Å². The van der Waals surface area contributed by atoms with Crippen LogP contribution in [0.25, 0.3) is 0 Å². The predicted octanol–water partition coefficient (Wildman–Crippen LogP) is 2.45. The lowest BCUT2D eigenvalue weighted by Gasteiger charge is -2.38. The summed E-state index contributed by atoms with van der Waals surface area (Å²) in [5.74, 6) is 0.848. The van der Waals surface area contributed by atoms with Crippen molar-refractivity contribution in [3.8, 4) is 5.75 Å². The Morgan fingerprint density at radius 3 is 2.19 bits per heavy atom. The Balaban J connectivity index is 2.20. The monoisotopic (exact) mass is 220 g/mol. The van der Waals surface area contributed by atoms with Crippen LogP contribution < -0.4 is 4.74 Å². The van der Waals surface area contributed by atoms with Gasteiger partial charge in [0.15, 0.2) is 5.78 Å². The minimum absolute atomic E-state index is 0.0869. The molecule has 0 radical (unpaired) electrons. The lowest BCUT2D eigenvalue weighted by Crippen LogP contribution is -2.47. The second kappa shape index (κ2) is 4.26. The van der Waals surface area contributed by atoms with Gasteiger partial charge in [-0.1, -0.05) is 0 Å². The zero-order chi connectivity index (χ0) is 11.6. The number of benzene rings is 1. The summed E-state index contributed by atoms with van der Waals surface area (Å²) in [5, 5.41) is 0. The van der Waals surface area contributed by atoms with Gasteiger partial charge in [-0.05, 0) is 43.5 Å². The molecule has 1 aromatic rings. The fraction of sp³-hybridized carbons (Fsp3) is 0.462. The minimum atomic E-state index is -0.561. The van der Waals surface area contributed by atoms with Crippen molar-refractivity contribution in [3.05, 3.63) is 29.8 Å². The number of hydrogen-bond donors (Lipinski definition) is 0. The molecule has 86 valence electrons. The van der Waals surface area contributed by atoms with Crippen LogP contribution in [0.3, 0.4) is 0 Å². The average Bonchev–Trinajstić information content (AvgIpc) is 2.28. The van der Waals surface area contributed by atoms with Crippen molar-refractivity contribution in [3.63, 3.8) is 0 Å². The number of methoxy groups -OCH3 is 2. The first-order chi connectivity index (χ1) is 7.72. The van der Waals surface area contributed by atoms with E-state index in [9.17, 15) is 4.79 Å². The summed E-state index contributed by atoms with van der Waals surface area (Å²) in [6, 6.07) is 7.19. The maximum atomic E-state index is 12.2. The molecule has 3 nitrogen and oxygen atoms in total. The Morgan fingerprint density at radius 1 is 1.19 bits per heavy atom. The van der Waals surface area contributed by atoms with Crippen molar-refractivity contribution < 1.29 is 14.3 Å². The summed E-state index contributed by atoms with van der Waals surface area (Å²) < 4.78 is 10.4. The first-order valence-corrected chi connectivity index (χ1v) is 5.46. The fourth-order valence-corrected chi connectivity index (χ4v) is 2.03. The molecule has 0 saturated heterocycles. The quantitative estimate of drug-likeness (QED) is 0.731. The van der Waals surface area contributed by atoms with Crippen LogP contribution in [0.15, 0.2) is 24.3 Å². The van der Waals surface area contributed by atoms with E-state index in [0.717, 1.165) is 25.0 Å². The van der Waals surface area contributed by atoms with Crippen LogP contribution in [0.4, 0.5) is 0 Å². The number of Topliss-reactive ketones (excluding diaryl/α,β-unsaturated/α-hetero) is 1. The van der Waals surface area contributed by atoms with E-state index in [1.807, 2.05) is 0 Å².